The fraction of sp³-hybridized carbons (Fsp3) is 0.471. The number of fused-ring (bicyclic) bond motifs is 1. The first-order chi connectivity index (χ1) is 11.6. The molecule has 7 nitrogen and oxygen atoms in total. The minimum Gasteiger partial charge on any atom is -0.341 e. The van der Waals surface area contributed by atoms with E-state index in [0.29, 0.717) is 17.3 Å². The van der Waals surface area contributed by atoms with Crippen LogP contribution >= 0.6 is 0 Å². The van der Waals surface area contributed by atoms with Crippen molar-refractivity contribution in [2.24, 2.45) is 0 Å². The second-order valence-electron chi connectivity index (χ2n) is 6.23. The molecule has 3 rings (SSSR count). The number of carbonyl (C=O) groups excluding carboxylic acids is 1. The van der Waals surface area contributed by atoms with Crippen molar-refractivity contribution in [1.82, 2.24) is 19.6 Å². The minimum absolute atomic E-state index is 0.0196. The number of H-pyrrole nitrogens is 1. The Morgan fingerprint density at radius 2 is 1.83 bits per heavy atom. The van der Waals surface area contributed by atoms with Gasteiger partial charge in [0.25, 0.3) is 11.1 Å². The standard InChI is InChI=1S/C17H22N4O3/c1-19-8-4-9-20(12-11-19)15(22)7-10-21-17(24)14-6-3-2-5-13(14)16(23)18-21/h2-3,5-6H,4,7-12H2,1H3,(H,18,23). The molecular weight excluding hydrogens is 308 g/mol. The number of nitrogens with one attached hydrogen (secondary N) is 1. The van der Waals surface area contributed by atoms with E-state index in [0.717, 1.165) is 26.1 Å². The van der Waals surface area contributed by atoms with E-state index in [4.69, 9.17) is 0 Å². The van der Waals surface area contributed by atoms with Crippen LogP contribution in [0, 0.1) is 0 Å². The average Bonchev–Trinajstić information content (AvgIpc) is 2.81. The van der Waals surface area contributed by atoms with Crippen molar-refractivity contribution in [1.29, 1.82) is 0 Å². The van der Waals surface area contributed by atoms with Gasteiger partial charge in [-0.05, 0) is 32.1 Å². The number of amides is 1. The van der Waals surface area contributed by atoms with Gasteiger partial charge in [-0.2, -0.15) is 0 Å². The van der Waals surface area contributed by atoms with Gasteiger partial charge in [-0.25, -0.2) is 4.68 Å². The number of carbonyl (C=O) groups is 1. The zero-order chi connectivity index (χ0) is 17.1. The first-order valence-electron chi connectivity index (χ1n) is 8.24. The summed E-state index contributed by atoms with van der Waals surface area (Å²) in [5.74, 6) is 0.0196. The summed E-state index contributed by atoms with van der Waals surface area (Å²) in [7, 11) is 2.05. The Hall–Kier alpha value is -2.41. The minimum atomic E-state index is -0.311. The van der Waals surface area contributed by atoms with Gasteiger partial charge in [-0.1, -0.05) is 12.1 Å². The lowest BCUT2D eigenvalue weighted by Gasteiger charge is -2.20. The summed E-state index contributed by atoms with van der Waals surface area (Å²) in [5.41, 5.74) is -0.581. The molecule has 2 heterocycles. The summed E-state index contributed by atoms with van der Waals surface area (Å²) in [5, 5.41) is 3.32. The van der Waals surface area contributed by atoms with Crippen LogP contribution in [0.5, 0.6) is 0 Å². The van der Waals surface area contributed by atoms with E-state index < -0.39 is 0 Å². The molecule has 1 amide bonds. The summed E-state index contributed by atoms with van der Waals surface area (Å²) in [6.45, 7) is 3.48. The molecule has 2 aromatic rings. The van der Waals surface area contributed by atoms with Gasteiger partial charge in [0, 0.05) is 26.1 Å². The van der Waals surface area contributed by atoms with Crippen LogP contribution in [0.3, 0.4) is 0 Å². The maximum absolute atomic E-state index is 12.4. The van der Waals surface area contributed by atoms with Gasteiger partial charge < -0.3 is 9.80 Å². The first kappa shape index (κ1) is 16.4. The van der Waals surface area contributed by atoms with Crippen molar-refractivity contribution in [3.63, 3.8) is 0 Å². The van der Waals surface area contributed by atoms with Gasteiger partial charge in [0.1, 0.15) is 0 Å². The summed E-state index contributed by atoms with van der Waals surface area (Å²) < 4.78 is 1.24. The third kappa shape index (κ3) is 3.41. The number of nitrogens with zero attached hydrogens (tertiary/aromatic N) is 3. The van der Waals surface area contributed by atoms with Crippen LogP contribution in [-0.4, -0.2) is 58.7 Å². The monoisotopic (exact) mass is 330 g/mol. The maximum atomic E-state index is 12.4. The number of hydrogen-bond acceptors (Lipinski definition) is 4. The van der Waals surface area contributed by atoms with E-state index in [1.165, 1.54) is 4.68 Å². The van der Waals surface area contributed by atoms with Gasteiger partial charge >= 0.3 is 0 Å². The van der Waals surface area contributed by atoms with Gasteiger partial charge in [-0.15, -0.1) is 0 Å². The molecule has 1 N–H and O–H groups in total. The molecule has 0 unspecified atom stereocenters. The molecule has 24 heavy (non-hydrogen) atoms. The lowest BCUT2D eigenvalue weighted by molar-refractivity contribution is -0.131. The smallest absolute Gasteiger partial charge is 0.273 e. The molecule has 0 bridgehead atoms. The number of benzene rings is 1. The predicted molar refractivity (Wildman–Crippen MR) is 92.1 cm³/mol. The number of likely N-dealkylation sites (N-methyl/N-ethyl adjacent to an activating group) is 1. The molecule has 1 aromatic carbocycles. The molecule has 0 aliphatic carbocycles. The van der Waals surface area contributed by atoms with Gasteiger partial charge in [0.05, 0.1) is 17.3 Å². The summed E-state index contributed by atoms with van der Waals surface area (Å²) >= 11 is 0. The molecule has 0 spiro atoms. The summed E-state index contributed by atoms with van der Waals surface area (Å²) in [6, 6.07) is 6.71. The molecular formula is C17H22N4O3. The van der Waals surface area contributed by atoms with Crippen LogP contribution in [0.4, 0.5) is 0 Å². The van der Waals surface area contributed by atoms with E-state index in [-0.39, 0.29) is 30.0 Å². The van der Waals surface area contributed by atoms with Crippen LogP contribution < -0.4 is 11.1 Å². The number of hydrogen-bond donors (Lipinski definition) is 1. The Balaban J connectivity index is 1.74. The van der Waals surface area contributed by atoms with Gasteiger partial charge in [0.2, 0.25) is 5.91 Å². The SMILES string of the molecule is CN1CCCN(C(=O)CCn2[nH]c(=O)c3ccccc3c2=O)CC1. The highest BCUT2D eigenvalue weighted by Gasteiger charge is 2.17. The van der Waals surface area contributed by atoms with Crippen molar-refractivity contribution in [2.75, 3.05) is 33.2 Å². The molecule has 1 aliphatic heterocycles. The lowest BCUT2D eigenvalue weighted by Crippen LogP contribution is -2.36. The first-order valence-corrected chi connectivity index (χ1v) is 8.24. The van der Waals surface area contributed by atoms with Crippen molar-refractivity contribution in [2.45, 2.75) is 19.4 Å². The molecule has 1 saturated heterocycles. The average molecular weight is 330 g/mol. The summed E-state index contributed by atoms with van der Waals surface area (Å²) in [6.07, 6.45) is 1.16. The highest BCUT2D eigenvalue weighted by molar-refractivity contribution is 5.80. The third-order valence-corrected chi connectivity index (χ3v) is 4.51. The van der Waals surface area contributed by atoms with E-state index in [1.807, 2.05) is 11.9 Å². The Bertz CT molecular complexity index is 855. The molecule has 1 aliphatic rings. The normalized spacial score (nSPS) is 16.3. The van der Waals surface area contributed by atoms with Gasteiger partial charge in [-0.3, -0.25) is 19.5 Å². The Morgan fingerprint density at radius 1 is 1.08 bits per heavy atom. The quantitative estimate of drug-likeness (QED) is 0.875. The van der Waals surface area contributed by atoms with Crippen LogP contribution in [0.2, 0.25) is 0 Å². The second kappa shape index (κ2) is 7.00. The largest absolute Gasteiger partial charge is 0.341 e. The second-order valence-corrected chi connectivity index (χ2v) is 6.23. The van der Waals surface area contributed by atoms with Crippen molar-refractivity contribution < 1.29 is 4.79 Å². The maximum Gasteiger partial charge on any atom is 0.273 e. The Labute approximate surface area is 139 Å². The van der Waals surface area contributed by atoms with E-state index in [1.54, 1.807) is 24.3 Å². The highest BCUT2D eigenvalue weighted by atomic mass is 16.2. The van der Waals surface area contributed by atoms with Crippen LogP contribution in [-0.2, 0) is 11.3 Å². The molecule has 128 valence electrons. The molecule has 7 heteroatoms. The Morgan fingerprint density at radius 3 is 2.62 bits per heavy atom. The van der Waals surface area contributed by atoms with Crippen molar-refractivity contribution in [3.05, 3.63) is 45.0 Å². The number of aryl methyl sites for hydroxylation is 1. The molecule has 0 saturated carbocycles. The summed E-state index contributed by atoms with van der Waals surface area (Å²) in [4.78, 5) is 40.9. The predicted octanol–water partition coefficient (Wildman–Crippen LogP) is 0.244. The van der Waals surface area contributed by atoms with Crippen molar-refractivity contribution >= 4 is 16.7 Å². The van der Waals surface area contributed by atoms with Crippen molar-refractivity contribution in [3.8, 4) is 0 Å². The Kier molecular flexibility index (Phi) is 4.80. The molecule has 0 atom stereocenters. The zero-order valence-corrected chi connectivity index (χ0v) is 13.8. The van der Waals surface area contributed by atoms with E-state index >= 15 is 0 Å². The highest BCUT2D eigenvalue weighted by Crippen LogP contribution is 2.05. The topological polar surface area (TPSA) is 78.4 Å². The fourth-order valence-corrected chi connectivity index (χ4v) is 3.07. The van der Waals surface area contributed by atoms with E-state index in [9.17, 15) is 14.4 Å². The van der Waals surface area contributed by atoms with Crippen LogP contribution in [0.1, 0.15) is 12.8 Å². The molecule has 0 radical (unpaired) electrons. The third-order valence-electron chi connectivity index (χ3n) is 4.51. The lowest BCUT2D eigenvalue weighted by atomic mass is 10.2. The fourth-order valence-electron chi connectivity index (χ4n) is 3.07. The number of aromatic amines is 1. The van der Waals surface area contributed by atoms with Crippen LogP contribution in [0.25, 0.3) is 10.8 Å². The number of rotatable bonds is 3. The molecule has 1 fully saturated rings. The number of aromatic nitrogens is 2. The van der Waals surface area contributed by atoms with E-state index in [2.05, 4.69) is 10.00 Å². The van der Waals surface area contributed by atoms with Crippen LogP contribution in [0.15, 0.2) is 33.9 Å². The van der Waals surface area contributed by atoms with Gasteiger partial charge in [0.15, 0.2) is 0 Å². The zero-order valence-electron chi connectivity index (χ0n) is 13.8. The molecule has 1 aromatic heterocycles.